The molecule has 0 amide bonds. The summed E-state index contributed by atoms with van der Waals surface area (Å²) >= 11 is 1.86. The summed E-state index contributed by atoms with van der Waals surface area (Å²) in [6.07, 6.45) is 2.69. The quantitative estimate of drug-likeness (QED) is 0.877. The number of aryl methyl sites for hydroxylation is 1. The van der Waals surface area contributed by atoms with Gasteiger partial charge in [-0.05, 0) is 55.7 Å². The fourth-order valence-electron chi connectivity index (χ4n) is 2.37. The SMILES string of the molecule is CC(CCN)(C(=O)O)c1ccc2c(c1)CCCS2. The van der Waals surface area contributed by atoms with Gasteiger partial charge in [-0.15, -0.1) is 11.8 Å². The number of thioether (sulfide) groups is 1. The molecule has 1 aliphatic rings. The normalized spacial score (nSPS) is 17.9. The summed E-state index contributed by atoms with van der Waals surface area (Å²) < 4.78 is 0. The number of hydrogen-bond acceptors (Lipinski definition) is 3. The number of benzene rings is 1. The molecule has 1 aliphatic heterocycles. The van der Waals surface area contributed by atoms with Gasteiger partial charge in [-0.3, -0.25) is 4.79 Å². The molecule has 0 radical (unpaired) electrons. The van der Waals surface area contributed by atoms with E-state index in [1.807, 2.05) is 17.8 Å². The van der Waals surface area contributed by atoms with E-state index in [0.717, 1.165) is 17.7 Å². The van der Waals surface area contributed by atoms with Crippen LogP contribution < -0.4 is 5.73 Å². The van der Waals surface area contributed by atoms with Gasteiger partial charge in [0.15, 0.2) is 0 Å². The first-order valence-electron chi connectivity index (χ1n) is 6.27. The van der Waals surface area contributed by atoms with E-state index in [4.69, 9.17) is 5.73 Å². The Morgan fingerprint density at radius 1 is 1.56 bits per heavy atom. The van der Waals surface area contributed by atoms with Crippen LogP contribution in [-0.2, 0) is 16.6 Å². The monoisotopic (exact) mass is 265 g/mol. The van der Waals surface area contributed by atoms with Crippen molar-refractivity contribution in [3.8, 4) is 0 Å². The van der Waals surface area contributed by atoms with Crippen LogP contribution in [0.1, 0.15) is 30.9 Å². The molecule has 1 unspecified atom stereocenters. The van der Waals surface area contributed by atoms with E-state index in [1.165, 1.54) is 16.9 Å². The third-order valence-electron chi connectivity index (χ3n) is 3.66. The fraction of sp³-hybridized carbons (Fsp3) is 0.500. The molecule has 3 nitrogen and oxygen atoms in total. The maximum absolute atomic E-state index is 11.5. The van der Waals surface area contributed by atoms with E-state index in [9.17, 15) is 9.90 Å². The first-order chi connectivity index (χ1) is 8.58. The van der Waals surface area contributed by atoms with Crippen molar-refractivity contribution in [2.45, 2.75) is 36.5 Å². The molecule has 1 heterocycles. The van der Waals surface area contributed by atoms with Gasteiger partial charge in [-0.2, -0.15) is 0 Å². The largest absolute Gasteiger partial charge is 0.481 e. The van der Waals surface area contributed by atoms with E-state index in [1.54, 1.807) is 6.92 Å². The molecule has 3 N–H and O–H groups in total. The van der Waals surface area contributed by atoms with Crippen LogP contribution in [0.4, 0.5) is 0 Å². The number of carbonyl (C=O) groups is 1. The summed E-state index contributed by atoms with van der Waals surface area (Å²) in [6, 6.07) is 6.07. The van der Waals surface area contributed by atoms with Gasteiger partial charge >= 0.3 is 5.97 Å². The maximum atomic E-state index is 11.5. The lowest BCUT2D eigenvalue weighted by atomic mass is 9.79. The maximum Gasteiger partial charge on any atom is 0.313 e. The summed E-state index contributed by atoms with van der Waals surface area (Å²) in [6.45, 7) is 2.15. The van der Waals surface area contributed by atoms with Crippen molar-refractivity contribution < 1.29 is 9.90 Å². The Morgan fingerprint density at radius 3 is 3.00 bits per heavy atom. The highest BCUT2D eigenvalue weighted by atomic mass is 32.2. The van der Waals surface area contributed by atoms with Crippen LogP contribution in [0.3, 0.4) is 0 Å². The fourth-order valence-corrected chi connectivity index (χ4v) is 3.39. The summed E-state index contributed by atoms with van der Waals surface area (Å²) in [5.74, 6) is 0.363. The molecular formula is C14H19NO2S. The molecule has 4 heteroatoms. The molecule has 1 atom stereocenters. The molecule has 2 rings (SSSR count). The van der Waals surface area contributed by atoms with E-state index in [-0.39, 0.29) is 0 Å². The molecule has 0 bridgehead atoms. The molecule has 1 aromatic carbocycles. The Hall–Kier alpha value is -1.00. The van der Waals surface area contributed by atoms with Crippen LogP contribution in [0, 0.1) is 0 Å². The molecular weight excluding hydrogens is 246 g/mol. The van der Waals surface area contributed by atoms with E-state index >= 15 is 0 Å². The number of hydrogen-bond donors (Lipinski definition) is 2. The minimum atomic E-state index is -0.869. The average Bonchev–Trinajstić information content (AvgIpc) is 2.38. The molecule has 0 aromatic heterocycles. The minimum absolute atomic E-state index is 0.384. The molecule has 0 saturated heterocycles. The second-order valence-electron chi connectivity index (χ2n) is 4.95. The minimum Gasteiger partial charge on any atom is -0.481 e. The Kier molecular flexibility index (Phi) is 3.97. The summed E-state index contributed by atoms with van der Waals surface area (Å²) in [7, 11) is 0. The van der Waals surface area contributed by atoms with Crippen molar-refractivity contribution in [2.24, 2.45) is 5.73 Å². The molecule has 98 valence electrons. The van der Waals surface area contributed by atoms with Gasteiger partial charge < -0.3 is 10.8 Å². The van der Waals surface area contributed by atoms with E-state index < -0.39 is 11.4 Å². The number of rotatable bonds is 4. The predicted molar refractivity (Wildman–Crippen MR) is 74.1 cm³/mol. The number of carboxylic acid groups (broad SMARTS) is 1. The predicted octanol–water partition coefficient (Wildman–Crippen LogP) is 2.42. The standard InChI is InChI=1S/C14H19NO2S/c1-14(6-7-15,13(16)17)11-4-5-12-10(9-11)3-2-8-18-12/h4-5,9H,2-3,6-8,15H2,1H3,(H,16,17). The van der Waals surface area contributed by atoms with Gasteiger partial charge in [0.1, 0.15) is 0 Å². The zero-order valence-corrected chi connectivity index (χ0v) is 11.4. The van der Waals surface area contributed by atoms with Gasteiger partial charge in [0.25, 0.3) is 0 Å². The number of carboxylic acids is 1. The molecule has 18 heavy (non-hydrogen) atoms. The molecule has 0 fully saturated rings. The van der Waals surface area contributed by atoms with Crippen molar-refractivity contribution in [3.63, 3.8) is 0 Å². The topological polar surface area (TPSA) is 63.3 Å². The van der Waals surface area contributed by atoms with Gasteiger partial charge in [-0.25, -0.2) is 0 Å². The molecule has 0 spiro atoms. The Bertz CT molecular complexity index is 461. The summed E-state index contributed by atoms with van der Waals surface area (Å²) in [5, 5.41) is 9.46. The van der Waals surface area contributed by atoms with Gasteiger partial charge in [0.05, 0.1) is 5.41 Å². The zero-order chi connectivity index (χ0) is 13.2. The van der Waals surface area contributed by atoms with E-state index in [2.05, 4.69) is 12.1 Å². The van der Waals surface area contributed by atoms with Crippen molar-refractivity contribution in [2.75, 3.05) is 12.3 Å². The molecule has 0 saturated carbocycles. The first-order valence-corrected chi connectivity index (χ1v) is 7.26. The van der Waals surface area contributed by atoms with Crippen molar-refractivity contribution in [1.29, 1.82) is 0 Å². The summed E-state index contributed by atoms with van der Waals surface area (Å²) in [5.41, 5.74) is 6.85. The van der Waals surface area contributed by atoms with Crippen LogP contribution in [-0.4, -0.2) is 23.4 Å². The lowest BCUT2D eigenvalue weighted by molar-refractivity contribution is -0.143. The van der Waals surface area contributed by atoms with E-state index in [0.29, 0.717) is 13.0 Å². The van der Waals surface area contributed by atoms with Crippen molar-refractivity contribution in [3.05, 3.63) is 29.3 Å². The van der Waals surface area contributed by atoms with Crippen molar-refractivity contribution in [1.82, 2.24) is 0 Å². The smallest absolute Gasteiger partial charge is 0.313 e. The third-order valence-corrected chi connectivity index (χ3v) is 4.86. The molecule has 1 aromatic rings. The van der Waals surface area contributed by atoms with Crippen LogP contribution in [0.5, 0.6) is 0 Å². The summed E-state index contributed by atoms with van der Waals surface area (Å²) in [4.78, 5) is 12.8. The molecule has 0 aliphatic carbocycles. The number of aliphatic carboxylic acids is 1. The highest BCUT2D eigenvalue weighted by Crippen LogP contribution is 2.35. The Balaban J connectivity index is 2.39. The lowest BCUT2D eigenvalue weighted by Gasteiger charge is -2.26. The third kappa shape index (κ3) is 2.40. The highest BCUT2D eigenvalue weighted by Gasteiger charge is 2.34. The van der Waals surface area contributed by atoms with Crippen LogP contribution >= 0.6 is 11.8 Å². The van der Waals surface area contributed by atoms with Crippen LogP contribution in [0.2, 0.25) is 0 Å². The Labute approximate surface area is 112 Å². The van der Waals surface area contributed by atoms with Gasteiger partial charge in [0.2, 0.25) is 0 Å². The second-order valence-corrected chi connectivity index (χ2v) is 6.09. The van der Waals surface area contributed by atoms with Gasteiger partial charge in [0, 0.05) is 4.90 Å². The average molecular weight is 265 g/mol. The number of fused-ring (bicyclic) bond motifs is 1. The van der Waals surface area contributed by atoms with Crippen molar-refractivity contribution >= 4 is 17.7 Å². The zero-order valence-electron chi connectivity index (χ0n) is 10.6. The van der Waals surface area contributed by atoms with Gasteiger partial charge in [-0.1, -0.05) is 12.1 Å². The first kappa shape index (κ1) is 13.4. The van der Waals surface area contributed by atoms with Crippen LogP contribution in [0.15, 0.2) is 23.1 Å². The Morgan fingerprint density at radius 2 is 2.33 bits per heavy atom. The highest BCUT2D eigenvalue weighted by molar-refractivity contribution is 7.99. The number of nitrogens with two attached hydrogens (primary N) is 1. The second kappa shape index (κ2) is 5.33. The lowest BCUT2D eigenvalue weighted by Crippen LogP contribution is -2.35. The van der Waals surface area contributed by atoms with Crippen LogP contribution in [0.25, 0.3) is 0 Å².